The quantitative estimate of drug-likeness (QED) is 0.844. The molecule has 2 aliphatic rings. The lowest BCUT2D eigenvalue weighted by Crippen LogP contribution is -2.52. The van der Waals surface area contributed by atoms with Crippen molar-refractivity contribution in [2.75, 3.05) is 13.1 Å². The zero-order valence-corrected chi connectivity index (χ0v) is 13.9. The fourth-order valence-corrected chi connectivity index (χ4v) is 3.66. The first-order chi connectivity index (χ1) is 11.6. The van der Waals surface area contributed by atoms with E-state index in [1.54, 1.807) is 0 Å². The minimum absolute atomic E-state index is 0.0723. The number of rotatable bonds is 5. The van der Waals surface area contributed by atoms with Gasteiger partial charge in [0, 0.05) is 43.5 Å². The second-order valence-corrected chi connectivity index (χ2v) is 6.85. The maximum atomic E-state index is 12.3. The number of benzene rings is 1. The highest BCUT2D eigenvalue weighted by Gasteiger charge is 2.40. The lowest BCUT2D eigenvalue weighted by atomic mass is 9.86. The first kappa shape index (κ1) is 16.7. The van der Waals surface area contributed by atoms with Gasteiger partial charge in [0.05, 0.1) is 0 Å². The van der Waals surface area contributed by atoms with Gasteiger partial charge < -0.3 is 10.2 Å². The molecule has 0 saturated carbocycles. The third kappa shape index (κ3) is 3.83. The van der Waals surface area contributed by atoms with Crippen molar-refractivity contribution in [2.45, 2.75) is 50.5 Å². The number of carbonyl (C=O) groups is 3. The Morgan fingerprint density at radius 1 is 1.04 bits per heavy atom. The van der Waals surface area contributed by atoms with E-state index in [4.69, 9.17) is 0 Å². The van der Waals surface area contributed by atoms with Gasteiger partial charge >= 0.3 is 0 Å². The van der Waals surface area contributed by atoms with E-state index < -0.39 is 0 Å². The topological polar surface area (TPSA) is 66.5 Å². The number of carbonyl (C=O) groups excluding carboxylic acids is 3. The Labute approximate surface area is 142 Å². The fraction of sp³-hybridized carbons (Fsp3) is 0.526. The van der Waals surface area contributed by atoms with Crippen LogP contribution in [0.1, 0.15) is 55.3 Å². The van der Waals surface area contributed by atoms with E-state index in [-0.39, 0.29) is 23.1 Å². The predicted molar refractivity (Wildman–Crippen MR) is 90.5 cm³/mol. The maximum Gasteiger partial charge on any atom is 0.222 e. The number of hydrogen-bond donors (Lipinski definition) is 1. The number of hydrogen-bond acceptors (Lipinski definition) is 3. The summed E-state index contributed by atoms with van der Waals surface area (Å²) in [5.41, 5.74) is 0.638. The zero-order valence-electron chi connectivity index (χ0n) is 13.9. The molecule has 0 atom stereocenters. The Morgan fingerprint density at radius 3 is 2.38 bits per heavy atom. The van der Waals surface area contributed by atoms with Crippen molar-refractivity contribution in [1.29, 1.82) is 0 Å². The Kier molecular flexibility index (Phi) is 4.97. The highest BCUT2D eigenvalue weighted by atomic mass is 16.2. The van der Waals surface area contributed by atoms with E-state index in [9.17, 15) is 14.4 Å². The second-order valence-electron chi connectivity index (χ2n) is 6.85. The molecule has 1 N–H and O–H groups in total. The van der Waals surface area contributed by atoms with Crippen molar-refractivity contribution >= 4 is 17.6 Å². The predicted octanol–water partition coefficient (Wildman–Crippen LogP) is 2.31. The molecule has 2 aliphatic heterocycles. The van der Waals surface area contributed by atoms with Gasteiger partial charge in [-0.05, 0) is 25.7 Å². The highest BCUT2D eigenvalue weighted by Crippen LogP contribution is 2.31. The third-order valence-electron chi connectivity index (χ3n) is 5.20. The molecule has 0 bridgehead atoms. The average Bonchev–Trinajstić information content (AvgIpc) is 2.96. The molecular weight excluding hydrogens is 304 g/mol. The molecule has 5 heteroatoms. The monoisotopic (exact) mass is 328 g/mol. The summed E-state index contributed by atoms with van der Waals surface area (Å²) in [5, 5.41) is 3.08. The largest absolute Gasteiger partial charge is 0.351 e. The van der Waals surface area contributed by atoms with Crippen molar-refractivity contribution in [3.63, 3.8) is 0 Å². The van der Waals surface area contributed by atoms with Crippen LogP contribution < -0.4 is 5.32 Å². The normalized spacial score (nSPS) is 19.3. The molecule has 24 heavy (non-hydrogen) atoms. The SMILES string of the molecule is O=C1CCC2(CCN(C(=O)CCCC(=O)c3ccccc3)CC2)N1. The molecule has 1 spiro atoms. The number of piperidine rings is 1. The van der Waals surface area contributed by atoms with Gasteiger partial charge in [-0.3, -0.25) is 14.4 Å². The molecule has 0 aromatic heterocycles. The Balaban J connectivity index is 1.40. The van der Waals surface area contributed by atoms with Crippen molar-refractivity contribution in [1.82, 2.24) is 10.2 Å². The first-order valence-electron chi connectivity index (χ1n) is 8.75. The van der Waals surface area contributed by atoms with Gasteiger partial charge in [0.15, 0.2) is 5.78 Å². The van der Waals surface area contributed by atoms with Gasteiger partial charge in [-0.1, -0.05) is 30.3 Å². The number of Topliss-reactive ketones (excluding diaryl/α,β-unsaturated/α-hetero) is 1. The summed E-state index contributed by atoms with van der Waals surface area (Å²) < 4.78 is 0. The van der Waals surface area contributed by atoms with Gasteiger partial charge in [0.1, 0.15) is 0 Å². The summed E-state index contributed by atoms with van der Waals surface area (Å²) in [6.45, 7) is 1.40. The summed E-state index contributed by atoms with van der Waals surface area (Å²) in [6, 6.07) is 9.21. The Bertz CT molecular complexity index is 619. The van der Waals surface area contributed by atoms with Crippen LogP contribution in [0.25, 0.3) is 0 Å². The molecule has 2 fully saturated rings. The zero-order chi connectivity index (χ0) is 17.0. The van der Waals surface area contributed by atoms with E-state index in [0.29, 0.717) is 44.3 Å². The molecule has 0 radical (unpaired) electrons. The van der Waals surface area contributed by atoms with Crippen LogP contribution in [0.3, 0.4) is 0 Å². The Hall–Kier alpha value is -2.17. The van der Waals surface area contributed by atoms with Crippen LogP contribution in [0.4, 0.5) is 0 Å². The van der Waals surface area contributed by atoms with Crippen LogP contribution in [0.15, 0.2) is 30.3 Å². The second kappa shape index (κ2) is 7.16. The van der Waals surface area contributed by atoms with Crippen molar-refractivity contribution in [3.8, 4) is 0 Å². The first-order valence-corrected chi connectivity index (χ1v) is 8.75. The molecule has 1 aromatic rings. The molecule has 128 valence electrons. The lowest BCUT2D eigenvalue weighted by molar-refractivity contribution is -0.133. The van der Waals surface area contributed by atoms with Crippen molar-refractivity contribution in [3.05, 3.63) is 35.9 Å². The molecule has 2 amide bonds. The van der Waals surface area contributed by atoms with E-state index in [2.05, 4.69) is 5.32 Å². The van der Waals surface area contributed by atoms with E-state index >= 15 is 0 Å². The smallest absolute Gasteiger partial charge is 0.222 e. The molecule has 2 heterocycles. The van der Waals surface area contributed by atoms with Crippen LogP contribution in [0, 0.1) is 0 Å². The standard InChI is InChI=1S/C19H24N2O3/c22-16(15-5-2-1-3-6-15)7-4-8-18(24)21-13-11-19(12-14-21)10-9-17(23)20-19/h1-3,5-6H,4,7-14H2,(H,20,23). The van der Waals surface area contributed by atoms with E-state index in [1.165, 1.54) is 0 Å². The summed E-state index contributed by atoms with van der Waals surface area (Å²) in [4.78, 5) is 37.7. The highest BCUT2D eigenvalue weighted by molar-refractivity contribution is 5.96. The molecule has 1 aromatic carbocycles. The number of nitrogens with one attached hydrogen (secondary N) is 1. The van der Waals surface area contributed by atoms with Gasteiger partial charge in [-0.2, -0.15) is 0 Å². The van der Waals surface area contributed by atoms with E-state index in [0.717, 1.165) is 19.3 Å². The van der Waals surface area contributed by atoms with Crippen LogP contribution >= 0.6 is 0 Å². The van der Waals surface area contributed by atoms with Crippen LogP contribution in [0.5, 0.6) is 0 Å². The molecule has 5 nitrogen and oxygen atoms in total. The van der Waals surface area contributed by atoms with Gasteiger partial charge in [0.2, 0.25) is 11.8 Å². The lowest BCUT2D eigenvalue weighted by Gasteiger charge is -2.39. The van der Waals surface area contributed by atoms with Crippen LogP contribution in [-0.2, 0) is 9.59 Å². The fourth-order valence-electron chi connectivity index (χ4n) is 3.66. The minimum Gasteiger partial charge on any atom is -0.351 e. The number of ketones is 1. The summed E-state index contributed by atoms with van der Waals surface area (Å²) in [7, 11) is 0. The molecular formula is C19H24N2O3. The number of amides is 2. The summed E-state index contributed by atoms with van der Waals surface area (Å²) in [5.74, 6) is 0.346. The van der Waals surface area contributed by atoms with Gasteiger partial charge in [-0.25, -0.2) is 0 Å². The summed E-state index contributed by atoms with van der Waals surface area (Å²) in [6.07, 6.45) is 4.59. The van der Waals surface area contributed by atoms with Gasteiger partial charge in [-0.15, -0.1) is 0 Å². The average molecular weight is 328 g/mol. The Morgan fingerprint density at radius 2 is 1.75 bits per heavy atom. The minimum atomic E-state index is -0.0723. The molecule has 0 aliphatic carbocycles. The van der Waals surface area contributed by atoms with E-state index in [1.807, 2.05) is 35.2 Å². The molecule has 3 rings (SSSR count). The molecule has 0 unspecified atom stereocenters. The maximum absolute atomic E-state index is 12.3. The van der Waals surface area contributed by atoms with Crippen LogP contribution in [-0.4, -0.2) is 41.1 Å². The van der Waals surface area contributed by atoms with Gasteiger partial charge in [0.25, 0.3) is 0 Å². The van der Waals surface area contributed by atoms with Crippen molar-refractivity contribution < 1.29 is 14.4 Å². The number of likely N-dealkylation sites (tertiary alicyclic amines) is 1. The number of nitrogens with zero attached hydrogens (tertiary/aromatic N) is 1. The van der Waals surface area contributed by atoms with Crippen LogP contribution in [0.2, 0.25) is 0 Å². The van der Waals surface area contributed by atoms with Crippen molar-refractivity contribution in [2.24, 2.45) is 0 Å². The summed E-state index contributed by atoms with van der Waals surface area (Å²) >= 11 is 0. The third-order valence-corrected chi connectivity index (χ3v) is 5.20. The molecule has 2 saturated heterocycles.